The van der Waals surface area contributed by atoms with E-state index in [2.05, 4.69) is 31.9 Å². The van der Waals surface area contributed by atoms with Crippen LogP contribution >= 0.6 is 46.1 Å². The number of aromatic nitrogens is 3. The van der Waals surface area contributed by atoms with Gasteiger partial charge in [-0.3, -0.25) is 8.87 Å². The lowest BCUT2D eigenvalue weighted by Gasteiger charge is -2.22. The maximum Gasteiger partial charge on any atom is 0.420 e. The van der Waals surface area contributed by atoms with Gasteiger partial charge in [-0.1, -0.05) is 18.2 Å². The summed E-state index contributed by atoms with van der Waals surface area (Å²) in [6, 6.07) is 15.8. The molecule has 2 aromatic heterocycles. The van der Waals surface area contributed by atoms with Crippen LogP contribution in [-0.2, 0) is 6.54 Å². The number of ether oxygens (including phenoxy) is 2. The maximum absolute atomic E-state index is 15.6. The third-order valence-electron chi connectivity index (χ3n) is 5.99. The average molecular weight is 665 g/mol. The molecule has 0 fully saturated rings. The fraction of sp³-hybridized carbons (Fsp3) is 0.192. The summed E-state index contributed by atoms with van der Waals surface area (Å²) in [5, 5.41) is 0.582. The van der Waals surface area contributed by atoms with Crippen LogP contribution < -0.4 is 19.5 Å². The predicted molar refractivity (Wildman–Crippen MR) is 155 cm³/mol. The van der Waals surface area contributed by atoms with Crippen molar-refractivity contribution in [3.05, 3.63) is 92.0 Å². The van der Waals surface area contributed by atoms with Crippen LogP contribution in [0.15, 0.2) is 75.0 Å². The summed E-state index contributed by atoms with van der Waals surface area (Å²) in [6.07, 6.45) is 1.45. The minimum Gasteiger partial charge on any atom is -0.497 e. The number of benzene rings is 3. The van der Waals surface area contributed by atoms with E-state index in [0.717, 1.165) is 26.6 Å². The number of fused-ring (bicyclic) bond motifs is 1. The summed E-state index contributed by atoms with van der Waals surface area (Å²) in [6.45, 7) is 2.24. The topological polar surface area (TPSA) is 82.6 Å². The Hall–Kier alpha value is -3.10. The lowest BCUT2D eigenvalue weighted by Crippen LogP contribution is -2.20. The molecule has 0 saturated carbocycles. The molecule has 0 saturated heterocycles. The van der Waals surface area contributed by atoms with Crippen LogP contribution in [-0.4, -0.2) is 28.1 Å². The number of oxazole rings is 1. The number of hydrogen-bond donors (Lipinski definition) is 0. The lowest BCUT2D eigenvalue weighted by atomic mass is 10.1. The Balaban J connectivity index is 1.51. The first-order valence-electron chi connectivity index (χ1n) is 11.4. The van der Waals surface area contributed by atoms with Crippen molar-refractivity contribution in [3.63, 3.8) is 0 Å². The fourth-order valence-corrected chi connectivity index (χ4v) is 6.46. The van der Waals surface area contributed by atoms with Gasteiger partial charge in [-0.25, -0.2) is 14.2 Å². The van der Waals surface area contributed by atoms with Gasteiger partial charge < -0.3 is 13.9 Å². The first-order chi connectivity index (χ1) is 18.4. The Morgan fingerprint density at radius 1 is 1.18 bits per heavy atom. The largest absolute Gasteiger partial charge is 0.497 e. The summed E-state index contributed by atoms with van der Waals surface area (Å²) in [5.74, 6) is 0.264. The minimum absolute atomic E-state index is 0.281. The molecule has 1 atom stereocenters. The van der Waals surface area contributed by atoms with Gasteiger partial charge in [0.15, 0.2) is 5.58 Å². The quantitative estimate of drug-likeness (QED) is 0.130. The molecule has 5 rings (SSSR count). The summed E-state index contributed by atoms with van der Waals surface area (Å²) >= 11 is 4.56. The molecule has 38 heavy (non-hydrogen) atoms. The average Bonchev–Trinajstić information content (AvgIpc) is 3.56. The Bertz CT molecular complexity index is 1640. The molecule has 0 aliphatic heterocycles. The van der Waals surface area contributed by atoms with Gasteiger partial charge in [0.25, 0.3) is 0 Å². The molecular weight excluding hydrogens is 642 g/mol. The van der Waals surface area contributed by atoms with Gasteiger partial charge in [0, 0.05) is 38.9 Å². The van der Waals surface area contributed by atoms with Gasteiger partial charge in [0.05, 0.1) is 37.2 Å². The van der Waals surface area contributed by atoms with E-state index in [4.69, 9.17) is 13.9 Å². The van der Waals surface area contributed by atoms with Gasteiger partial charge in [0.1, 0.15) is 23.6 Å². The first-order valence-corrected chi connectivity index (χ1v) is 14.0. The zero-order valence-electron chi connectivity index (χ0n) is 20.6. The predicted octanol–water partition coefficient (Wildman–Crippen LogP) is 6.53. The molecule has 0 bridgehead atoms. The van der Waals surface area contributed by atoms with E-state index in [1.165, 1.54) is 28.5 Å². The molecule has 0 aliphatic carbocycles. The van der Waals surface area contributed by atoms with Crippen molar-refractivity contribution in [1.82, 2.24) is 13.9 Å². The molecule has 0 amide bonds. The van der Waals surface area contributed by atoms with Gasteiger partial charge in [0.2, 0.25) is 5.13 Å². The van der Waals surface area contributed by atoms with E-state index in [-0.39, 0.29) is 10.9 Å². The molecule has 0 N–H and O–H groups in total. The van der Waals surface area contributed by atoms with Crippen molar-refractivity contribution >= 4 is 62.3 Å². The molecule has 5 aromatic rings. The maximum atomic E-state index is 15.6. The van der Waals surface area contributed by atoms with Crippen LogP contribution in [0.4, 0.5) is 9.52 Å². The number of rotatable bonds is 9. The second-order valence-corrected chi connectivity index (χ2v) is 11.2. The van der Waals surface area contributed by atoms with Crippen molar-refractivity contribution in [3.8, 4) is 11.5 Å². The van der Waals surface area contributed by atoms with Crippen LogP contribution in [0.5, 0.6) is 11.5 Å². The monoisotopic (exact) mass is 664 g/mol. The van der Waals surface area contributed by atoms with Crippen LogP contribution in [0.1, 0.15) is 24.1 Å². The van der Waals surface area contributed by atoms with E-state index in [1.807, 2.05) is 47.6 Å². The summed E-state index contributed by atoms with van der Waals surface area (Å²) in [5.41, 5.74) is 2.49. The zero-order valence-corrected chi connectivity index (χ0v) is 24.3. The van der Waals surface area contributed by atoms with Crippen LogP contribution in [0.2, 0.25) is 0 Å². The van der Waals surface area contributed by atoms with Crippen molar-refractivity contribution in [1.29, 1.82) is 0 Å². The highest BCUT2D eigenvalue weighted by atomic mass is 127. The highest BCUT2D eigenvalue weighted by Crippen LogP contribution is 2.37. The Kier molecular flexibility index (Phi) is 7.91. The standard InChI is InChI=1S/C26H22FIN4O4S2/c1-15(18-6-4-5-7-20(18)28)32-21-11-19(27)24(12-23(21)36-26(32)33)38-31(25-29-14-30-37-25)13-16-8-9-17(34-2)10-22(16)35-3/h4-12,14-15H,13H2,1-3H3/t15-/m1/s1. The molecule has 3 aromatic carbocycles. The molecule has 0 unspecified atom stereocenters. The van der Waals surface area contributed by atoms with E-state index in [9.17, 15) is 4.79 Å². The third kappa shape index (κ3) is 5.24. The van der Waals surface area contributed by atoms with Crippen LogP contribution in [0.25, 0.3) is 11.1 Å². The van der Waals surface area contributed by atoms with E-state index in [1.54, 1.807) is 26.4 Å². The number of methoxy groups -OCH3 is 2. The SMILES string of the molecule is COc1ccc(CN(Sc2cc3oc(=O)n([C@H](C)c4ccccc4I)c3cc2F)c2ncns2)c(OC)c1. The number of hydrogen-bond acceptors (Lipinski definition) is 9. The van der Waals surface area contributed by atoms with E-state index < -0.39 is 11.6 Å². The second-order valence-electron chi connectivity index (χ2n) is 8.22. The zero-order chi connectivity index (χ0) is 26.8. The normalized spacial score (nSPS) is 12.0. The van der Waals surface area contributed by atoms with Crippen LogP contribution in [0, 0.1) is 9.39 Å². The molecule has 8 nitrogen and oxygen atoms in total. The molecule has 0 radical (unpaired) electrons. The smallest absolute Gasteiger partial charge is 0.420 e. The van der Waals surface area contributed by atoms with Crippen molar-refractivity contribution in [2.24, 2.45) is 0 Å². The number of anilines is 1. The van der Waals surface area contributed by atoms with Gasteiger partial charge in [-0.15, -0.1) is 0 Å². The molecule has 0 spiro atoms. The Labute approximate surface area is 239 Å². The van der Waals surface area contributed by atoms with Crippen molar-refractivity contribution < 1.29 is 18.3 Å². The van der Waals surface area contributed by atoms with E-state index >= 15 is 4.39 Å². The van der Waals surface area contributed by atoms with Crippen molar-refractivity contribution in [2.45, 2.75) is 24.4 Å². The molecular formula is C26H22FIN4O4S2. The van der Waals surface area contributed by atoms with E-state index in [0.29, 0.717) is 34.3 Å². The van der Waals surface area contributed by atoms with Crippen LogP contribution in [0.3, 0.4) is 0 Å². The van der Waals surface area contributed by atoms with Gasteiger partial charge in [-0.2, -0.15) is 4.37 Å². The Morgan fingerprint density at radius 3 is 2.71 bits per heavy atom. The lowest BCUT2D eigenvalue weighted by molar-refractivity contribution is 0.391. The van der Waals surface area contributed by atoms with Crippen molar-refractivity contribution in [2.75, 3.05) is 18.5 Å². The number of halogens is 2. The second kappa shape index (κ2) is 11.3. The summed E-state index contributed by atoms with van der Waals surface area (Å²) in [4.78, 5) is 17.5. The number of nitrogens with zero attached hydrogens (tertiary/aromatic N) is 4. The van der Waals surface area contributed by atoms with Gasteiger partial charge >= 0.3 is 5.76 Å². The molecule has 2 heterocycles. The molecule has 0 aliphatic rings. The summed E-state index contributed by atoms with van der Waals surface area (Å²) in [7, 11) is 3.17. The highest BCUT2D eigenvalue weighted by molar-refractivity contribution is 14.1. The highest BCUT2D eigenvalue weighted by Gasteiger charge is 2.23. The minimum atomic E-state index is -0.544. The molecule has 12 heteroatoms. The fourth-order valence-electron chi connectivity index (χ4n) is 4.10. The molecule has 196 valence electrons. The van der Waals surface area contributed by atoms with Gasteiger partial charge in [-0.05, 0) is 65.2 Å². The first kappa shape index (κ1) is 26.5. The Morgan fingerprint density at radius 2 is 2.00 bits per heavy atom. The third-order valence-corrected chi connectivity index (χ3v) is 8.81. The summed E-state index contributed by atoms with van der Waals surface area (Å²) < 4.78 is 40.4.